The van der Waals surface area contributed by atoms with E-state index in [1.54, 1.807) is 12.1 Å². The summed E-state index contributed by atoms with van der Waals surface area (Å²) in [6, 6.07) is 14.9. The summed E-state index contributed by atoms with van der Waals surface area (Å²) < 4.78 is 10.6. The van der Waals surface area contributed by atoms with Gasteiger partial charge in [-0.2, -0.15) is 0 Å². The van der Waals surface area contributed by atoms with Gasteiger partial charge in [0.15, 0.2) is 6.07 Å². The van der Waals surface area contributed by atoms with Gasteiger partial charge in [0.05, 0.1) is 0 Å². The molecule has 0 spiro atoms. The van der Waals surface area contributed by atoms with Gasteiger partial charge < -0.3 is 14.4 Å². The SMILES string of the molecule is CN(C)c1ccc(OCc2ccccc2)c(C(=O)OCCl)c1. The molecular weight excluding hydrogens is 302 g/mol. The van der Waals surface area contributed by atoms with Gasteiger partial charge in [-0.25, -0.2) is 4.79 Å². The van der Waals surface area contributed by atoms with Crippen molar-refractivity contribution in [1.29, 1.82) is 0 Å². The van der Waals surface area contributed by atoms with Crippen LogP contribution in [0, 0.1) is 0 Å². The van der Waals surface area contributed by atoms with Crippen LogP contribution < -0.4 is 9.64 Å². The van der Waals surface area contributed by atoms with E-state index in [1.807, 2.05) is 55.4 Å². The number of hydrogen-bond donors (Lipinski definition) is 0. The minimum atomic E-state index is -0.498. The molecule has 0 aliphatic carbocycles. The zero-order chi connectivity index (χ0) is 15.9. The lowest BCUT2D eigenvalue weighted by Gasteiger charge is -2.16. The van der Waals surface area contributed by atoms with Crippen LogP contribution in [0.5, 0.6) is 5.75 Å². The van der Waals surface area contributed by atoms with E-state index >= 15 is 0 Å². The maximum Gasteiger partial charge on any atom is 0.343 e. The van der Waals surface area contributed by atoms with Gasteiger partial charge >= 0.3 is 5.97 Å². The van der Waals surface area contributed by atoms with E-state index in [-0.39, 0.29) is 6.07 Å². The number of benzene rings is 2. The normalized spacial score (nSPS) is 10.1. The molecule has 116 valence electrons. The molecule has 0 aliphatic heterocycles. The first-order chi connectivity index (χ1) is 10.6. The third-order valence-electron chi connectivity index (χ3n) is 3.12. The summed E-state index contributed by atoms with van der Waals surface area (Å²) in [7, 11) is 3.80. The van der Waals surface area contributed by atoms with E-state index in [2.05, 4.69) is 0 Å². The van der Waals surface area contributed by atoms with Crippen LogP contribution in [0.25, 0.3) is 0 Å². The van der Waals surface area contributed by atoms with E-state index < -0.39 is 5.97 Å². The molecular formula is C17H18ClNO3. The molecule has 0 atom stereocenters. The molecule has 0 amide bonds. The smallest absolute Gasteiger partial charge is 0.343 e. The highest BCUT2D eigenvalue weighted by Crippen LogP contribution is 2.26. The van der Waals surface area contributed by atoms with E-state index in [9.17, 15) is 4.79 Å². The number of carbonyl (C=O) groups is 1. The van der Waals surface area contributed by atoms with Crippen LogP contribution in [0.4, 0.5) is 5.69 Å². The molecule has 2 rings (SSSR count). The Bertz CT molecular complexity index is 629. The molecule has 0 fully saturated rings. The molecule has 0 aliphatic rings. The third kappa shape index (κ3) is 4.15. The van der Waals surface area contributed by atoms with Crippen molar-refractivity contribution in [2.24, 2.45) is 0 Å². The minimum Gasteiger partial charge on any atom is -0.488 e. The Morgan fingerprint density at radius 1 is 1.14 bits per heavy atom. The van der Waals surface area contributed by atoms with Crippen molar-refractivity contribution in [2.75, 3.05) is 25.1 Å². The summed E-state index contributed by atoms with van der Waals surface area (Å²) in [6.45, 7) is 0.378. The van der Waals surface area contributed by atoms with Crippen LogP contribution in [0.2, 0.25) is 0 Å². The average Bonchev–Trinajstić information content (AvgIpc) is 2.54. The van der Waals surface area contributed by atoms with Gasteiger partial charge in [0, 0.05) is 19.8 Å². The molecule has 5 heteroatoms. The van der Waals surface area contributed by atoms with Crippen molar-refractivity contribution in [3.05, 3.63) is 59.7 Å². The highest BCUT2D eigenvalue weighted by Gasteiger charge is 2.16. The lowest BCUT2D eigenvalue weighted by Crippen LogP contribution is -2.12. The number of hydrogen-bond acceptors (Lipinski definition) is 4. The van der Waals surface area contributed by atoms with Crippen LogP contribution in [-0.2, 0) is 11.3 Å². The first-order valence-electron chi connectivity index (χ1n) is 6.83. The zero-order valence-electron chi connectivity index (χ0n) is 12.6. The first-order valence-corrected chi connectivity index (χ1v) is 7.36. The molecule has 0 N–H and O–H groups in total. The lowest BCUT2D eigenvalue weighted by molar-refractivity contribution is 0.0569. The maximum absolute atomic E-state index is 12.0. The molecule has 0 radical (unpaired) electrons. The van der Waals surface area contributed by atoms with Gasteiger partial charge in [-0.05, 0) is 23.8 Å². The van der Waals surface area contributed by atoms with E-state index in [0.717, 1.165) is 11.3 Å². The number of alkyl halides is 1. The molecule has 2 aromatic carbocycles. The number of rotatable bonds is 6. The summed E-state index contributed by atoms with van der Waals surface area (Å²) in [5.74, 6) is -0.0219. The number of halogens is 1. The van der Waals surface area contributed by atoms with Crippen LogP contribution in [0.1, 0.15) is 15.9 Å². The molecule has 0 aromatic heterocycles. The Morgan fingerprint density at radius 2 is 1.86 bits per heavy atom. The summed E-state index contributed by atoms with van der Waals surface area (Å²) in [5, 5.41) is 0. The summed E-state index contributed by atoms with van der Waals surface area (Å²) in [6.07, 6.45) is 0. The predicted molar refractivity (Wildman–Crippen MR) is 87.7 cm³/mol. The minimum absolute atomic E-state index is 0.191. The zero-order valence-corrected chi connectivity index (χ0v) is 13.3. The maximum atomic E-state index is 12.0. The van der Waals surface area contributed by atoms with Gasteiger partial charge in [-0.1, -0.05) is 41.9 Å². The molecule has 2 aromatic rings. The van der Waals surface area contributed by atoms with Gasteiger partial charge in [0.25, 0.3) is 0 Å². The van der Waals surface area contributed by atoms with Crippen LogP contribution >= 0.6 is 11.6 Å². The van der Waals surface area contributed by atoms with Crippen molar-refractivity contribution in [3.63, 3.8) is 0 Å². The third-order valence-corrected chi connectivity index (χ3v) is 3.23. The van der Waals surface area contributed by atoms with Crippen LogP contribution in [-0.4, -0.2) is 26.1 Å². The van der Waals surface area contributed by atoms with Gasteiger partial charge in [-0.15, -0.1) is 0 Å². The van der Waals surface area contributed by atoms with Crippen LogP contribution in [0.3, 0.4) is 0 Å². The fourth-order valence-electron chi connectivity index (χ4n) is 1.94. The summed E-state index contributed by atoms with van der Waals surface area (Å²) in [4.78, 5) is 13.9. The van der Waals surface area contributed by atoms with Crippen molar-refractivity contribution in [1.82, 2.24) is 0 Å². The van der Waals surface area contributed by atoms with E-state index in [1.165, 1.54) is 0 Å². The van der Waals surface area contributed by atoms with E-state index in [4.69, 9.17) is 21.1 Å². The van der Waals surface area contributed by atoms with Crippen molar-refractivity contribution in [2.45, 2.75) is 6.61 Å². The highest BCUT2D eigenvalue weighted by molar-refractivity contribution is 6.17. The molecule has 4 nitrogen and oxygen atoms in total. The van der Waals surface area contributed by atoms with Crippen molar-refractivity contribution in [3.8, 4) is 5.75 Å². The second kappa shape index (κ2) is 7.71. The van der Waals surface area contributed by atoms with E-state index in [0.29, 0.717) is 17.9 Å². The number of anilines is 1. The Balaban J connectivity index is 2.23. The molecule has 0 unspecified atom stereocenters. The quantitative estimate of drug-likeness (QED) is 0.601. The standard InChI is InChI=1S/C17H18ClNO3/c1-19(2)14-8-9-16(15(10-14)17(20)22-12-18)21-11-13-6-4-3-5-7-13/h3-10H,11-12H2,1-2H3. The summed E-state index contributed by atoms with van der Waals surface area (Å²) >= 11 is 5.48. The molecule has 22 heavy (non-hydrogen) atoms. The topological polar surface area (TPSA) is 38.8 Å². The first kappa shape index (κ1) is 16.2. The van der Waals surface area contributed by atoms with Crippen LogP contribution in [0.15, 0.2) is 48.5 Å². The summed E-state index contributed by atoms with van der Waals surface area (Å²) in [5.41, 5.74) is 2.27. The second-order valence-corrected chi connectivity index (χ2v) is 5.11. The monoisotopic (exact) mass is 319 g/mol. The Kier molecular flexibility index (Phi) is 5.67. The molecule has 0 saturated heterocycles. The fourth-order valence-corrected chi connectivity index (χ4v) is 2.04. The number of carbonyl (C=O) groups excluding carboxylic acids is 1. The molecule has 0 saturated carbocycles. The Hall–Kier alpha value is -2.20. The number of nitrogens with zero attached hydrogens (tertiary/aromatic N) is 1. The van der Waals surface area contributed by atoms with Gasteiger partial charge in [0.1, 0.15) is 17.9 Å². The fraction of sp³-hybridized carbons (Fsp3) is 0.235. The number of ether oxygens (including phenoxy) is 2. The largest absolute Gasteiger partial charge is 0.488 e. The lowest BCUT2D eigenvalue weighted by atomic mass is 10.1. The average molecular weight is 320 g/mol. The van der Waals surface area contributed by atoms with Gasteiger partial charge in [0.2, 0.25) is 0 Å². The van der Waals surface area contributed by atoms with Crippen molar-refractivity contribution >= 4 is 23.3 Å². The molecule has 0 bridgehead atoms. The second-order valence-electron chi connectivity index (χ2n) is 4.89. The highest BCUT2D eigenvalue weighted by atomic mass is 35.5. The van der Waals surface area contributed by atoms with Gasteiger partial charge in [-0.3, -0.25) is 0 Å². The predicted octanol–water partition coefficient (Wildman–Crippen LogP) is 3.68. The Morgan fingerprint density at radius 3 is 2.50 bits per heavy atom. The van der Waals surface area contributed by atoms with Crippen molar-refractivity contribution < 1.29 is 14.3 Å². The number of esters is 1. The molecule has 0 heterocycles. The Labute approximate surface area is 135 Å².